The van der Waals surface area contributed by atoms with Gasteiger partial charge >= 0.3 is 0 Å². The van der Waals surface area contributed by atoms with Gasteiger partial charge in [-0.15, -0.1) is 11.8 Å². The van der Waals surface area contributed by atoms with Gasteiger partial charge in [0.2, 0.25) is 5.91 Å². The number of para-hydroxylation sites is 1. The molecule has 0 saturated carbocycles. The molecule has 5 heteroatoms. The predicted molar refractivity (Wildman–Crippen MR) is 99.5 cm³/mol. The van der Waals surface area contributed by atoms with Crippen LogP contribution < -0.4 is 10.2 Å². The SMILES string of the molecule is Cc1ccccc1N1CC[C@H](CNC(=O)CSc2ccncc2)C1. The number of rotatable bonds is 6. The van der Waals surface area contributed by atoms with Crippen molar-refractivity contribution < 1.29 is 4.79 Å². The van der Waals surface area contributed by atoms with E-state index in [9.17, 15) is 4.79 Å². The zero-order valence-electron chi connectivity index (χ0n) is 13.9. The van der Waals surface area contributed by atoms with Crippen LogP contribution in [0, 0.1) is 12.8 Å². The number of carbonyl (C=O) groups excluding carboxylic acids is 1. The highest BCUT2D eigenvalue weighted by atomic mass is 32.2. The second-order valence-corrected chi connectivity index (χ2v) is 7.21. The topological polar surface area (TPSA) is 45.2 Å². The van der Waals surface area contributed by atoms with Crippen molar-refractivity contribution in [3.05, 3.63) is 54.4 Å². The Morgan fingerprint density at radius 1 is 1.29 bits per heavy atom. The number of nitrogens with one attached hydrogen (secondary N) is 1. The van der Waals surface area contributed by atoms with Crippen LogP contribution in [-0.4, -0.2) is 36.3 Å². The molecule has 0 radical (unpaired) electrons. The van der Waals surface area contributed by atoms with Gasteiger partial charge in [-0.1, -0.05) is 18.2 Å². The minimum Gasteiger partial charge on any atom is -0.371 e. The van der Waals surface area contributed by atoms with Crippen molar-refractivity contribution >= 4 is 23.4 Å². The van der Waals surface area contributed by atoms with Crippen LogP contribution in [0.15, 0.2) is 53.7 Å². The average Bonchev–Trinajstić information content (AvgIpc) is 3.08. The molecule has 1 N–H and O–H groups in total. The number of carbonyl (C=O) groups is 1. The number of anilines is 1. The van der Waals surface area contributed by atoms with Crippen molar-refractivity contribution in [1.29, 1.82) is 0 Å². The summed E-state index contributed by atoms with van der Waals surface area (Å²) in [6, 6.07) is 12.4. The summed E-state index contributed by atoms with van der Waals surface area (Å²) in [7, 11) is 0. The summed E-state index contributed by atoms with van der Waals surface area (Å²) in [6.07, 6.45) is 4.63. The van der Waals surface area contributed by atoms with Gasteiger partial charge in [0.05, 0.1) is 5.75 Å². The van der Waals surface area contributed by atoms with Crippen molar-refractivity contribution in [2.75, 3.05) is 30.3 Å². The lowest BCUT2D eigenvalue weighted by atomic mass is 10.1. The smallest absolute Gasteiger partial charge is 0.230 e. The number of aryl methyl sites for hydroxylation is 1. The molecule has 4 nitrogen and oxygen atoms in total. The molecule has 0 bridgehead atoms. The largest absolute Gasteiger partial charge is 0.371 e. The molecule has 2 aromatic rings. The molecule has 3 rings (SSSR count). The molecule has 1 aromatic carbocycles. The van der Waals surface area contributed by atoms with Crippen molar-refractivity contribution in [3.8, 4) is 0 Å². The van der Waals surface area contributed by atoms with Gasteiger partial charge in [-0.2, -0.15) is 0 Å². The van der Waals surface area contributed by atoms with Gasteiger partial charge in [-0.3, -0.25) is 9.78 Å². The fourth-order valence-corrected chi connectivity index (χ4v) is 3.74. The minimum atomic E-state index is 0.103. The molecule has 1 saturated heterocycles. The van der Waals surface area contributed by atoms with Gasteiger partial charge in [0.25, 0.3) is 0 Å². The highest BCUT2D eigenvalue weighted by Crippen LogP contribution is 2.26. The molecule has 126 valence electrons. The molecule has 0 aliphatic carbocycles. The van der Waals surface area contributed by atoms with Gasteiger partial charge in [0, 0.05) is 42.6 Å². The van der Waals surface area contributed by atoms with Gasteiger partial charge in [0.1, 0.15) is 0 Å². The number of pyridine rings is 1. The van der Waals surface area contributed by atoms with Crippen molar-refractivity contribution in [1.82, 2.24) is 10.3 Å². The number of thioether (sulfide) groups is 1. The number of aromatic nitrogens is 1. The Labute approximate surface area is 147 Å². The van der Waals surface area contributed by atoms with E-state index in [1.165, 1.54) is 11.3 Å². The summed E-state index contributed by atoms with van der Waals surface area (Å²) in [5.74, 6) is 1.09. The average molecular weight is 341 g/mol. The lowest BCUT2D eigenvalue weighted by Gasteiger charge is -2.21. The monoisotopic (exact) mass is 341 g/mol. The van der Waals surface area contributed by atoms with Gasteiger partial charge < -0.3 is 10.2 Å². The Balaban J connectivity index is 1.41. The molecule has 0 unspecified atom stereocenters. The first kappa shape index (κ1) is 16.8. The molecule has 1 atom stereocenters. The van der Waals surface area contributed by atoms with Crippen LogP contribution in [0.25, 0.3) is 0 Å². The Bertz CT molecular complexity index is 677. The van der Waals surface area contributed by atoms with E-state index in [0.717, 1.165) is 31.0 Å². The first-order valence-corrected chi connectivity index (χ1v) is 9.31. The van der Waals surface area contributed by atoms with Crippen molar-refractivity contribution in [2.45, 2.75) is 18.2 Å². The Morgan fingerprint density at radius 3 is 2.88 bits per heavy atom. The van der Waals surface area contributed by atoms with Gasteiger partial charge in [-0.05, 0) is 43.0 Å². The summed E-state index contributed by atoms with van der Waals surface area (Å²) in [5, 5.41) is 3.08. The number of hydrogen-bond acceptors (Lipinski definition) is 4. The minimum absolute atomic E-state index is 0.103. The molecule has 1 fully saturated rings. The molecule has 1 aliphatic heterocycles. The van der Waals surface area contributed by atoms with E-state index in [2.05, 4.69) is 46.4 Å². The fourth-order valence-electron chi connectivity index (χ4n) is 3.03. The molecule has 2 heterocycles. The number of benzene rings is 1. The number of amides is 1. The summed E-state index contributed by atoms with van der Waals surface area (Å²) in [5.41, 5.74) is 2.63. The number of hydrogen-bond donors (Lipinski definition) is 1. The van der Waals surface area contributed by atoms with Crippen LogP contribution in [0.3, 0.4) is 0 Å². The Kier molecular flexibility index (Phi) is 5.75. The van der Waals surface area contributed by atoms with Crippen molar-refractivity contribution in [2.24, 2.45) is 5.92 Å². The maximum absolute atomic E-state index is 12.0. The Morgan fingerprint density at radius 2 is 2.08 bits per heavy atom. The van der Waals surface area contributed by atoms with Crippen LogP contribution in [-0.2, 0) is 4.79 Å². The van der Waals surface area contributed by atoms with Crippen LogP contribution in [0.5, 0.6) is 0 Å². The van der Waals surface area contributed by atoms with Crippen LogP contribution >= 0.6 is 11.8 Å². The zero-order valence-corrected chi connectivity index (χ0v) is 14.8. The highest BCUT2D eigenvalue weighted by molar-refractivity contribution is 8.00. The molecule has 1 aliphatic rings. The lowest BCUT2D eigenvalue weighted by Crippen LogP contribution is -2.32. The third-order valence-corrected chi connectivity index (χ3v) is 5.36. The van der Waals surface area contributed by atoms with E-state index in [-0.39, 0.29) is 5.91 Å². The first-order valence-electron chi connectivity index (χ1n) is 8.32. The third-order valence-electron chi connectivity index (χ3n) is 4.35. The fraction of sp³-hybridized carbons (Fsp3) is 0.368. The molecular formula is C19H23N3OS. The van der Waals surface area contributed by atoms with Crippen LogP contribution in [0.4, 0.5) is 5.69 Å². The molecular weight excluding hydrogens is 318 g/mol. The summed E-state index contributed by atoms with van der Waals surface area (Å²) in [6.45, 7) is 5.00. The first-order chi connectivity index (χ1) is 11.7. The molecule has 1 amide bonds. The van der Waals surface area contributed by atoms with E-state index in [1.54, 1.807) is 24.2 Å². The molecule has 0 spiro atoms. The van der Waals surface area contributed by atoms with Gasteiger partial charge in [0.15, 0.2) is 0 Å². The maximum Gasteiger partial charge on any atom is 0.230 e. The molecule has 24 heavy (non-hydrogen) atoms. The van der Waals surface area contributed by atoms with Crippen molar-refractivity contribution in [3.63, 3.8) is 0 Å². The second-order valence-electron chi connectivity index (χ2n) is 6.16. The third kappa shape index (κ3) is 4.51. The quantitative estimate of drug-likeness (QED) is 0.820. The number of nitrogens with zero attached hydrogens (tertiary/aromatic N) is 2. The van der Waals surface area contributed by atoms with E-state index < -0.39 is 0 Å². The lowest BCUT2D eigenvalue weighted by molar-refractivity contribution is -0.118. The zero-order chi connectivity index (χ0) is 16.8. The molecule has 1 aromatic heterocycles. The predicted octanol–water partition coefficient (Wildman–Crippen LogP) is 3.12. The Hall–Kier alpha value is -2.01. The van der Waals surface area contributed by atoms with E-state index in [0.29, 0.717) is 11.7 Å². The normalized spacial score (nSPS) is 17.0. The summed E-state index contributed by atoms with van der Waals surface area (Å²) < 4.78 is 0. The van der Waals surface area contributed by atoms with E-state index in [4.69, 9.17) is 0 Å². The summed E-state index contributed by atoms with van der Waals surface area (Å²) in [4.78, 5) is 19.5. The maximum atomic E-state index is 12.0. The summed E-state index contributed by atoms with van der Waals surface area (Å²) >= 11 is 1.55. The van der Waals surface area contributed by atoms with Crippen LogP contribution in [0.2, 0.25) is 0 Å². The van der Waals surface area contributed by atoms with E-state index >= 15 is 0 Å². The highest BCUT2D eigenvalue weighted by Gasteiger charge is 2.23. The van der Waals surface area contributed by atoms with Gasteiger partial charge in [-0.25, -0.2) is 0 Å². The van der Waals surface area contributed by atoms with E-state index in [1.807, 2.05) is 12.1 Å². The van der Waals surface area contributed by atoms with Crippen LogP contribution in [0.1, 0.15) is 12.0 Å². The second kappa shape index (κ2) is 8.20. The standard InChI is InChI=1S/C19H23N3OS/c1-15-4-2-3-5-18(15)22-11-8-16(13-22)12-21-19(23)14-24-17-6-9-20-10-7-17/h2-7,9-10,16H,8,11-14H2,1H3,(H,21,23)/t16-/m1/s1.